The largest absolute Gasteiger partial charge is 0.468 e. The first-order valence-corrected chi connectivity index (χ1v) is 5.76. The zero-order valence-electron chi connectivity index (χ0n) is 9.24. The van der Waals surface area contributed by atoms with Gasteiger partial charge in [-0.15, -0.1) is 0 Å². The maximum atomic E-state index is 5.63. The zero-order chi connectivity index (χ0) is 10.5. The van der Waals surface area contributed by atoms with E-state index in [1.807, 2.05) is 12.1 Å². The molecule has 0 spiro atoms. The molecule has 3 heteroatoms. The van der Waals surface area contributed by atoms with Crippen molar-refractivity contribution < 1.29 is 9.15 Å². The minimum Gasteiger partial charge on any atom is -0.468 e. The summed E-state index contributed by atoms with van der Waals surface area (Å²) in [6.45, 7) is 3.89. The molecule has 1 saturated heterocycles. The summed E-state index contributed by atoms with van der Waals surface area (Å²) in [7, 11) is 0. The quantitative estimate of drug-likeness (QED) is 0.826. The van der Waals surface area contributed by atoms with Crippen LogP contribution in [0.15, 0.2) is 22.8 Å². The van der Waals surface area contributed by atoms with Gasteiger partial charge in [0.1, 0.15) is 5.76 Å². The van der Waals surface area contributed by atoms with Gasteiger partial charge in [-0.1, -0.05) is 6.92 Å². The van der Waals surface area contributed by atoms with Gasteiger partial charge in [-0.25, -0.2) is 0 Å². The predicted molar refractivity (Wildman–Crippen MR) is 58.6 cm³/mol. The van der Waals surface area contributed by atoms with Crippen molar-refractivity contribution in [2.24, 2.45) is 0 Å². The average molecular weight is 209 g/mol. The Morgan fingerprint density at radius 2 is 2.47 bits per heavy atom. The molecule has 84 valence electrons. The molecule has 0 saturated carbocycles. The van der Waals surface area contributed by atoms with Crippen LogP contribution in [0.2, 0.25) is 0 Å². The van der Waals surface area contributed by atoms with Crippen molar-refractivity contribution in [3.05, 3.63) is 24.2 Å². The van der Waals surface area contributed by atoms with Gasteiger partial charge >= 0.3 is 0 Å². The third-order valence-corrected chi connectivity index (χ3v) is 2.97. The number of nitrogens with one attached hydrogen (secondary N) is 1. The second-order valence-electron chi connectivity index (χ2n) is 4.08. The van der Waals surface area contributed by atoms with E-state index in [9.17, 15) is 0 Å². The lowest BCUT2D eigenvalue weighted by atomic mass is 10.0. The summed E-state index contributed by atoms with van der Waals surface area (Å²) in [4.78, 5) is 0. The maximum absolute atomic E-state index is 5.63. The first kappa shape index (κ1) is 10.7. The van der Waals surface area contributed by atoms with E-state index in [0.717, 1.165) is 38.2 Å². The number of hydrogen-bond acceptors (Lipinski definition) is 3. The Morgan fingerprint density at radius 3 is 3.20 bits per heavy atom. The molecule has 1 N–H and O–H groups in total. The zero-order valence-corrected chi connectivity index (χ0v) is 9.24. The molecule has 2 rings (SSSR count). The highest BCUT2D eigenvalue weighted by Gasteiger charge is 2.20. The van der Waals surface area contributed by atoms with Gasteiger partial charge in [0, 0.05) is 12.6 Å². The van der Waals surface area contributed by atoms with E-state index in [0.29, 0.717) is 12.1 Å². The summed E-state index contributed by atoms with van der Waals surface area (Å²) in [6.07, 6.45) is 5.50. The third-order valence-electron chi connectivity index (χ3n) is 2.97. The molecular weight excluding hydrogens is 190 g/mol. The molecule has 0 bridgehead atoms. The van der Waals surface area contributed by atoms with Gasteiger partial charge < -0.3 is 14.5 Å². The van der Waals surface area contributed by atoms with E-state index in [2.05, 4.69) is 12.2 Å². The topological polar surface area (TPSA) is 34.4 Å². The van der Waals surface area contributed by atoms with Gasteiger partial charge in [0.2, 0.25) is 0 Å². The Morgan fingerprint density at radius 1 is 1.53 bits per heavy atom. The van der Waals surface area contributed by atoms with Crippen molar-refractivity contribution in [3.8, 4) is 0 Å². The SMILES string of the molecule is CCC1CC(NCc2ccco2)CCO1. The van der Waals surface area contributed by atoms with Crippen LogP contribution in [0, 0.1) is 0 Å². The molecule has 0 aromatic carbocycles. The predicted octanol–water partition coefficient (Wildman–Crippen LogP) is 2.33. The molecule has 1 aliphatic heterocycles. The van der Waals surface area contributed by atoms with Gasteiger partial charge in [0.05, 0.1) is 18.9 Å². The lowest BCUT2D eigenvalue weighted by Crippen LogP contribution is -2.38. The Bertz CT molecular complexity index is 271. The molecular formula is C12H19NO2. The fourth-order valence-electron chi connectivity index (χ4n) is 2.01. The molecule has 0 radical (unpaired) electrons. The van der Waals surface area contributed by atoms with Gasteiger partial charge in [0.15, 0.2) is 0 Å². The first-order valence-electron chi connectivity index (χ1n) is 5.76. The Hall–Kier alpha value is -0.800. The first-order chi connectivity index (χ1) is 7.38. The molecule has 1 aromatic rings. The van der Waals surface area contributed by atoms with E-state index >= 15 is 0 Å². The van der Waals surface area contributed by atoms with Crippen molar-refractivity contribution in [2.75, 3.05) is 6.61 Å². The van der Waals surface area contributed by atoms with Crippen LogP contribution in [0.1, 0.15) is 31.9 Å². The van der Waals surface area contributed by atoms with Crippen LogP contribution in [0.25, 0.3) is 0 Å². The second kappa shape index (κ2) is 5.33. The molecule has 2 unspecified atom stereocenters. The summed E-state index contributed by atoms with van der Waals surface area (Å²) in [5.74, 6) is 1.01. The lowest BCUT2D eigenvalue weighted by molar-refractivity contribution is -0.000578. The molecule has 15 heavy (non-hydrogen) atoms. The Balaban J connectivity index is 1.74. The van der Waals surface area contributed by atoms with E-state index in [-0.39, 0.29) is 0 Å². The third kappa shape index (κ3) is 3.08. The number of furan rings is 1. The van der Waals surface area contributed by atoms with Crippen LogP contribution in [0.3, 0.4) is 0 Å². The summed E-state index contributed by atoms with van der Waals surface area (Å²) in [6, 6.07) is 4.51. The van der Waals surface area contributed by atoms with Crippen molar-refractivity contribution >= 4 is 0 Å². The van der Waals surface area contributed by atoms with Crippen molar-refractivity contribution in [1.29, 1.82) is 0 Å². The molecule has 1 fully saturated rings. The van der Waals surface area contributed by atoms with Gasteiger partial charge in [-0.2, -0.15) is 0 Å². The highest BCUT2D eigenvalue weighted by molar-refractivity contribution is 4.97. The summed E-state index contributed by atoms with van der Waals surface area (Å²) in [5.41, 5.74) is 0. The average Bonchev–Trinajstić information content (AvgIpc) is 2.79. The highest BCUT2D eigenvalue weighted by Crippen LogP contribution is 2.16. The fraction of sp³-hybridized carbons (Fsp3) is 0.667. The molecule has 0 aliphatic carbocycles. The number of rotatable bonds is 4. The Kier molecular flexibility index (Phi) is 3.80. The van der Waals surface area contributed by atoms with Crippen LogP contribution in [-0.2, 0) is 11.3 Å². The van der Waals surface area contributed by atoms with Gasteiger partial charge in [0.25, 0.3) is 0 Å². The highest BCUT2D eigenvalue weighted by atomic mass is 16.5. The van der Waals surface area contributed by atoms with E-state index in [1.54, 1.807) is 6.26 Å². The smallest absolute Gasteiger partial charge is 0.117 e. The fourth-order valence-corrected chi connectivity index (χ4v) is 2.01. The van der Waals surface area contributed by atoms with Crippen molar-refractivity contribution in [3.63, 3.8) is 0 Å². The van der Waals surface area contributed by atoms with Crippen LogP contribution in [0.5, 0.6) is 0 Å². The molecule has 3 nitrogen and oxygen atoms in total. The lowest BCUT2D eigenvalue weighted by Gasteiger charge is -2.29. The minimum absolute atomic E-state index is 0.438. The van der Waals surface area contributed by atoms with Crippen LogP contribution in [-0.4, -0.2) is 18.8 Å². The molecule has 2 atom stereocenters. The van der Waals surface area contributed by atoms with Crippen LogP contribution < -0.4 is 5.32 Å². The van der Waals surface area contributed by atoms with Crippen molar-refractivity contribution in [2.45, 2.75) is 44.9 Å². The Labute approximate surface area is 90.8 Å². The normalized spacial score (nSPS) is 26.7. The van der Waals surface area contributed by atoms with E-state index in [4.69, 9.17) is 9.15 Å². The molecule has 0 amide bonds. The number of hydrogen-bond donors (Lipinski definition) is 1. The summed E-state index contributed by atoms with van der Waals surface area (Å²) in [5, 5.41) is 3.51. The van der Waals surface area contributed by atoms with E-state index < -0.39 is 0 Å². The van der Waals surface area contributed by atoms with Gasteiger partial charge in [-0.3, -0.25) is 0 Å². The van der Waals surface area contributed by atoms with E-state index in [1.165, 1.54) is 0 Å². The molecule has 2 heterocycles. The van der Waals surface area contributed by atoms with Crippen molar-refractivity contribution in [1.82, 2.24) is 5.32 Å². The van der Waals surface area contributed by atoms with Crippen LogP contribution >= 0.6 is 0 Å². The summed E-state index contributed by atoms with van der Waals surface area (Å²) >= 11 is 0. The molecule has 1 aromatic heterocycles. The monoisotopic (exact) mass is 209 g/mol. The second-order valence-corrected chi connectivity index (χ2v) is 4.08. The van der Waals surface area contributed by atoms with Gasteiger partial charge in [-0.05, 0) is 31.4 Å². The number of ether oxygens (including phenoxy) is 1. The maximum Gasteiger partial charge on any atom is 0.117 e. The van der Waals surface area contributed by atoms with Crippen LogP contribution in [0.4, 0.5) is 0 Å². The summed E-state index contributed by atoms with van der Waals surface area (Å²) < 4.78 is 10.9. The standard InChI is InChI=1S/C12H19NO2/c1-2-11-8-10(5-7-15-11)13-9-12-4-3-6-14-12/h3-4,6,10-11,13H,2,5,7-9H2,1H3. The molecule has 1 aliphatic rings. The minimum atomic E-state index is 0.438.